The van der Waals surface area contributed by atoms with Crippen LogP contribution in [0.5, 0.6) is 0 Å². The molecule has 0 N–H and O–H groups in total. The van der Waals surface area contributed by atoms with E-state index < -0.39 is 5.41 Å². The van der Waals surface area contributed by atoms with Gasteiger partial charge in [0.15, 0.2) is 0 Å². The molecule has 0 spiro atoms. The highest BCUT2D eigenvalue weighted by molar-refractivity contribution is 8.77. The van der Waals surface area contributed by atoms with Crippen molar-refractivity contribution in [3.05, 3.63) is 59.7 Å². The van der Waals surface area contributed by atoms with Crippen molar-refractivity contribution in [3.8, 4) is 11.1 Å². The summed E-state index contributed by atoms with van der Waals surface area (Å²) >= 11 is 0. The Kier molecular flexibility index (Phi) is 11.0. The number of benzene rings is 2. The Morgan fingerprint density at radius 2 is 1.15 bits per heavy atom. The Morgan fingerprint density at radius 1 is 0.692 bits per heavy atom. The molecule has 2 saturated heterocycles. The van der Waals surface area contributed by atoms with Crippen LogP contribution in [0.15, 0.2) is 48.5 Å². The fraction of sp³-hybridized carbons (Fsp3) is 0.548. The number of ether oxygens (including phenoxy) is 2. The number of esters is 2. The molecule has 2 heterocycles. The van der Waals surface area contributed by atoms with E-state index in [1.807, 2.05) is 67.4 Å². The smallest absolute Gasteiger partial charge is 0.305 e. The first kappa shape index (κ1) is 29.3. The van der Waals surface area contributed by atoms with Crippen LogP contribution in [0.1, 0.15) is 75.3 Å². The Hall–Kier alpha value is -1.22. The second kappa shape index (κ2) is 14.6. The van der Waals surface area contributed by atoms with Crippen LogP contribution in [-0.2, 0) is 24.5 Å². The lowest BCUT2D eigenvalue weighted by atomic mass is 9.79. The fourth-order valence-electron chi connectivity index (χ4n) is 5.73. The average Bonchev–Trinajstić information content (AvgIpc) is 3.73. The molecule has 5 rings (SSSR count). The summed E-state index contributed by atoms with van der Waals surface area (Å²) in [7, 11) is 7.91. The summed E-state index contributed by atoms with van der Waals surface area (Å²) in [6.07, 6.45) is 9.58. The molecule has 2 aliphatic heterocycles. The third kappa shape index (κ3) is 7.55. The van der Waals surface area contributed by atoms with Gasteiger partial charge in [-0.1, -0.05) is 105 Å². The van der Waals surface area contributed by atoms with E-state index in [4.69, 9.17) is 9.47 Å². The maximum atomic E-state index is 12.8. The Morgan fingerprint density at radius 3 is 1.59 bits per heavy atom. The van der Waals surface area contributed by atoms with Crippen molar-refractivity contribution < 1.29 is 19.1 Å². The first-order chi connectivity index (χ1) is 19.2. The van der Waals surface area contributed by atoms with Crippen LogP contribution in [0.4, 0.5) is 0 Å². The summed E-state index contributed by atoms with van der Waals surface area (Å²) < 4.78 is 11.9. The van der Waals surface area contributed by atoms with E-state index in [1.165, 1.54) is 37.2 Å². The summed E-state index contributed by atoms with van der Waals surface area (Å²) in [4.78, 5) is 25.7. The molecule has 2 atom stereocenters. The zero-order chi connectivity index (χ0) is 26.9. The normalized spacial score (nSPS) is 20.9. The number of unbranched alkanes of at least 4 members (excludes halogenated alkanes) is 2. The number of hydrogen-bond acceptors (Lipinski definition) is 8. The monoisotopic (exact) mass is 602 g/mol. The molecule has 0 aromatic heterocycles. The van der Waals surface area contributed by atoms with Gasteiger partial charge in [0.1, 0.15) is 13.2 Å². The zero-order valence-corrected chi connectivity index (χ0v) is 25.7. The molecule has 2 aromatic rings. The van der Waals surface area contributed by atoms with E-state index in [0.29, 0.717) is 12.8 Å². The topological polar surface area (TPSA) is 52.6 Å². The fourth-order valence-corrected chi connectivity index (χ4v) is 11.8. The first-order valence-corrected chi connectivity index (χ1v) is 19.0. The summed E-state index contributed by atoms with van der Waals surface area (Å²) in [5.41, 5.74) is 3.70. The largest absolute Gasteiger partial charge is 0.464 e. The predicted molar refractivity (Wildman–Crippen MR) is 168 cm³/mol. The standard InChI is InChI=1S/C31H38O4S4/c32-29(15-7-1-9-23-17-19-36-38-23)34-21-31(22-35-30(33)16-8-2-10-24-18-20-37-39-24)27-13-5-3-11-25(27)26-12-4-6-14-28(26)31/h3-6,11-14,23-24H,1-2,7-10,15-22H2. The Labute approximate surface area is 248 Å². The predicted octanol–water partition coefficient (Wildman–Crippen LogP) is 8.47. The molecule has 3 aliphatic rings. The van der Waals surface area contributed by atoms with Crippen LogP contribution in [-0.4, -0.2) is 47.2 Å². The van der Waals surface area contributed by atoms with Crippen LogP contribution < -0.4 is 0 Å². The lowest BCUT2D eigenvalue weighted by Gasteiger charge is -2.31. The van der Waals surface area contributed by atoms with Gasteiger partial charge in [-0.05, 0) is 60.8 Å². The molecule has 1 aliphatic carbocycles. The summed E-state index contributed by atoms with van der Waals surface area (Å²) in [5.74, 6) is 2.15. The highest BCUT2D eigenvalue weighted by Gasteiger charge is 2.45. The molecule has 210 valence electrons. The SMILES string of the molecule is O=C(CCCCC1CCSS1)OCC1(COC(=O)CCCCC2CCSS2)c2ccccc2-c2ccccc21. The van der Waals surface area contributed by atoms with E-state index in [1.54, 1.807) is 0 Å². The third-order valence-corrected chi connectivity index (χ3v) is 13.9. The minimum atomic E-state index is -0.687. The van der Waals surface area contributed by atoms with Gasteiger partial charge in [-0.15, -0.1) is 0 Å². The van der Waals surface area contributed by atoms with Crippen molar-refractivity contribution in [3.63, 3.8) is 0 Å². The molecule has 39 heavy (non-hydrogen) atoms. The Balaban J connectivity index is 1.20. The number of hydrogen-bond donors (Lipinski definition) is 0. The molecule has 0 saturated carbocycles. The van der Waals surface area contributed by atoms with Crippen molar-refractivity contribution >= 4 is 55.1 Å². The van der Waals surface area contributed by atoms with Crippen molar-refractivity contribution in [1.82, 2.24) is 0 Å². The van der Waals surface area contributed by atoms with Crippen LogP contribution in [0.2, 0.25) is 0 Å². The van der Waals surface area contributed by atoms with Gasteiger partial charge in [0, 0.05) is 34.8 Å². The van der Waals surface area contributed by atoms with E-state index in [2.05, 4.69) is 24.3 Å². The maximum absolute atomic E-state index is 12.8. The third-order valence-electron chi connectivity index (χ3n) is 7.90. The molecular weight excluding hydrogens is 565 g/mol. The lowest BCUT2D eigenvalue weighted by molar-refractivity contribution is -0.149. The van der Waals surface area contributed by atoms with Gasteiger partial charge in [-0.25, -0.2) is 0 Å². The molecule has 4 nitrogen and oxygen atoms in total. The van der Waals surface area contributed by atoms with Gasteiger partial charge in [-0.3, -0.25) is 9.59 Å². The first-order valence-electron chi connectivity index (χ1n) is 14.2. The van der Waals surface area contributed by atoms with E-state index in [0.717, 1.165) is 58.4 Å². The van der Waals surface area contributed by atoms with Gasteiger partial charge >= 0.3 is 11.9 Å². The lowest BCUT2D eigenvalue weighted by Crippen LogP contribution is -2.38. The number of carbonyl (C=O) groups is 2. The van der Waals surface area contributed by atoms with Crippen molar-refractivity contribution in [2.75, 3.05) is 24.7 Å². The molecule has 2 unspecified atom stereocenters. The van der Waals surface area contributed by atoms with Gasteiger partial charge in [0.2, 0.25) is 0 Å². The van der Waals surface area contributed by atoms with Gasteiger partial charge in [0.25, 0.3) is 0 Å². The Bertz CT molecular complexity index is 1020. The highest BCUT2D eigenvalue weighted by Crippen LogP contribution is 2.49. The number of carbonyl (C=O) groups excluding carboxylic acids is 2. The number of rotatable bonds is 14. The average molecular weight is 603 g/mol. The van der Waals surface area contributed by atoms with Gasteiger partial charge in [-0.2, -0.15) is 0 Å². The van der Waals surface area contributed by atoms with E-state index >= 15 is 0 Å². The molecule has 0 bridgehead atoms. The second-order valence-electron chi connectivity index (χ2n) is 10.6. The summed E-state index contributed by atoms with van der Waals surface area (Å²) in [6, 6.07) is 16.5. The van der Waals surface area contributed by atoms with Crippen molar-refractivity contribution in [2.24, 2.45) is 0 Å². The van der Waals surface area contributed by atoms with Crippen LogP contribution >= 0.6 is 43.2 Å². The molecule has 8 heteroatoms. The molecular formula is C31H38O4S4. The van der Waals surface area contributed by atoms with E-state index in [9.17, 15) is 9.59 Å². The number of fused-ring (bicyclic) bond motifs is 3. The molecule has 2 aromatic carbocycles. The zero-order valence-electron chi connectivity index (χ0n) is 22.4. The highest BCUT2D eigenvalue weighted by atomic mass is 33.1. The quantitative estimate of drug-likeness (QED) is 0.121. The minimum Gasteiger partial charge on any atom is -0.464 e. The van der Waals surface area contributed by atoms with Crippen LogP contribution in [0.3, 0.4) is 0 Å². The van der Waals surface area contributed by atoms with Crippen LogP contribution in [0, 0.1) is 0 Å². The summed E-state index contributed by atoms with van der Waals surface area (Å²) in [5, 5.41) is 1.46. The van der Waals surface area contributed by atoms with E-state index in [-0.39, 0.29) is 25.2 Å². The van der Waals surface area contributed by atoms with Crippen molar-refractivity contribution in [2.45, 2.75) is 80.1 Å². The van der Waals surface area contributed by atoms with Gasteiger partial charge < -0.3 is 9.47 Å². The minimum absolute atomic E-state index is 0.168. The molecule has 2 fully saturated rings. The molecule has 0 amide bonds. The maximum Gasteiger partial charge on any atom is 0.305 e. The van der Waals surface area contributed by atoms with Crippen LogP contribution in [0.25, 0.3) is 11.1 Å². The van der Waals surface area contributed by atoms with Gasteiger partial charge in [0.05, 0.1) is 5.41 Å². The second-order valence-corrected chi connectivity index (χ2v) is 16.2. The van der Waals surface area contributed by atoms with Crippen molar-refractivity contribution in [1.29, 1.82) is 0 Å². The summed E-state index contributed by atoms with van der Waals surface area (Å²) in [6.45, 7) is 0.359. The molecule has 0 radical (unpaired) electrons.